The lowest BCUT2D eigenvalue weighted by Crippen LogP contribution is -2.48. The van der Waals surface area contributed by atoms with Crippen molar-refractivity contribution in [3.8, 4) is 17.2 Å². The van der Waals surface area contributed by atoms with Crippen LogP contribution < -0.4 is 24.4 Å². The maximum absolute atomic E-state index is 13.1. The summed E-state index contributed by atoms with van der Waals surface area (Å²) >= 11 is 0. The summed E-state index contributed by atoms with van der Waals surface area (Å²) in [6, 6.07) is 20.2. The lowest BCUT2D eigenvalue weighted by molar-refractivity contribution is 0.0746. The predicted octanol–water partition coefficient (Wildman–Crippen LogP) is 5.10. The van der Waals surface area contributed by atoms with Gasteiger partial charge in [-0.3, -0.25) is 9.59 Å². The minimum atomic E-state index is -0.186. The molecular weight excluding hydrogens is 482 g/mol. The number of anilines is 2. The molecule has 8 nitrogen and oxygen atoms in total. The minimum absolute atomic E-state index is 0.0430. The Morgan fingerprint density at radius 2 is 1.47 bits per heavy atom. The van der Waals surface area contributed by atoms with E-state index in [2.05, 4.69) is 17.1 Å². The average molecular weight is 518 g/mol. The molecule has 2 amide bonds. The van der Waals surface area contributed by atoms with Gasteiger partial charge in [-0.05, 0) is 67.9 Å². The molecule has 0 aromatic heterocycles. The summed E-state index contributed by atoms with van der Waals surface area (Å²) in [5.41, 5.74) is 2.85. The van der Waals surface area contributed by atoms with E-state index in [0.717, 1.165) is 12.1 Å². The van der Waals surface area contributed by atoms with Gasteiger partial charge in [0.15, 0.2) is 0 Å². The Balaban J connectivity index is 1.33. The van der Waals surface area contributed by atoms with Crippen molar-refractivity contribution in [3.63, 3.8) is 0 Å². The predicted molar refractivity (Wildman–Crippen MR) is 149 cm³/mol. The molecule has 8 heteroatoms. The average Bonchev–Trinajstić information content (AvgIpc) is 2.97. The fraction of sp³-hybridized carbons (Fsp3) is 0.333. The van der Waals surface area contributed by atoms with Crippen molar-refractivity contribution < 1.29 is 23.8 Å². The molecule has 1 saturated heterocycles. The Bertz CT molecular complexity index is 1230. The summed E-state index contributed by atoms with van der Waals surface area (Å²) in [6.45, 7) is 6.69. The van der Waals surface area contributed by atoms with Crippen molar-refractivity contribution in [2.24, 2.45) is 0 Å². The van der Waals surface area contributed by atoms with Crippen LogP contribution in [0.15, 0.2) is 66.7 Å². The molecule has 4 rings (SSSR count). The van der Waals surface area contributed by atoms with Crippen LogP contribution in [0.5, 0.6) is 17.2 Å². The largest absolute Gasteiger partial charge is 0.497 e. The molecule has 3 aromatic rings. The van der Waals surface area contributed by atoms with E-state index in [1.54, 1.807) is 44.6 Å². The first kappa shape index (κ1) is 26.9. The molecular formula is C30H35N3O5. The maximum atomic E-state index is 13.1. The number of amides is 2. The number of nitrogens with zero attached hydrogens (tertiary/aromatic N) is 2. The third-order valence-corrected chi connectivity index (χ3v) is 6.66. The molecule has 1 aliphatic rings. The molecule has 1 heterocycles. The van der Waals surface area contributed by atoms with Gasteiger partial charge in [-0.2, -0.15) is 0 Å². The van der Waals surface area contributed by atoms with E-state index >= 15 is 0 Å². The molecule has 1 fully saturated rings. The molecule has 200 valence electrons. The Labute approximate surface area is 224 Å². The van der Waals surface area contributed by atoms with Crippen LogP contribution >= 0.6 is 0 Å². The molecule has 0 radical (unpaired) electrons. The number of piperazine rings is 1. The van der Waals surface area contributed by atoms with Crippen molar-refractivity contribution in [2.75, 3.05) is 50.6 Å². The van der Waals surface area contributed by atoms with Gasteiger partial charge in [-0.25, -0.2) is 0 Å². The third kappa shape index (κ3) is 6.56. The van der Waals surface area contributed by atoms with Gasteiger partial charge in [0.1, 0.15) is 17.2 Å². The molecule has 1 atom stereocenters. The quantitative estimate of drug-likeness (QED) is 0.426. The van der Waals surface area contributed by atoms with E-state index in [0.29, 0.717) is 60.2 Å². The Morgan fingerprint density at radius 3 is 2.08 bits per heavy atom. The van der Waals surface area contributed by atoms with E-state index in [-0.39, 0.29) is 17.9 Å². The molecule has 3 aromatic carbocycles. The zero-order valence-electron chi connectivity index (χ0n) is 22.4. The van der Waals surface area contributed by atoms with Crippen LogP contribution in [0, 0.1) is 0 Å². The van der Waals surface area contributed by atoms with Gasteiger partial charge in [-0.1, -0.05) is 13.0 Å². The molecule has 0 spiro atoms. The second kappa shape index (κ2) is 12.4. The molecule has 1 aliphatic heterocycles. The number of hydrogen-bond acceptors (Lipinski definition) is 6. The van der Waals surface area contributed by atoms with Crippen LogP contribution in [-0.4, -0.2) is 63.2 Å². The number of benzene rings is 3. The van der Waals surface area contributed by atoms with Crippen molar-refractivity contribution in [3.05, 3.63) is 77.9 Å². The molecule has 0 bridgehead atoms. The zero-order chi connectivity index (χ0) is 27.1. The maximum Gasteiger partial charge on any atom is 0.255 e. The van der Waals surface area contributed by atoms with Crippen LogP contribution in [0.1, 0.15) is 41.0 Å². The highest BCUT2D eigenvalue weighted by atomic mass is 16.5. The van der Waals surface area contributed by atoms with Crippen molar-refractivity contribution >= 4 is 23.2 Å². The molecule has 0 saturated carbocycles. The molecule has 1 N–H and O–H groups in total. The van der Waals surface area contributed by atoms with Crippen molar-refractivity contribution in [2.45, 2.75) is 26.4 Å². The van der Waals surface area contributed by atoms with Crippen LogP contribution in [0.4, 0.5) is 11.4 Å². The summed E-state index contributed by atoms with van der Waals surface area (Å²) in [5.74, 6) is 1.63. The normalized spacial score (nSPS) is 14.0. The molecule has 38 heavy (non-hydrogen) atoms. The zero-order valence-corrected chi connectivity index (χ0v) is 22.4. The van der Waals surface area contributed by atoms with Gasteiger partial charge < -0.3 is 29.3 Å². The van der Waals surface area contributed by atoms with Crippen LogP contribution in [0.2, 0.25) is 0 Å². The Kier molecular flexibility index (Phi) is 8.73. The summed E-state index contributed by atoms with van der Waals surface area (Å²) < 4.78 is 16.4. The fourth-order valence-electron chi connectivity index (χ4n) is 4.27. The number of nitrogens with one attached hydrogen (secondary N) is 1. The summed E-state index contributed by atoms with van der Waals surface area (Å²) in [6.07, 6.45) is 0.984. The molecule has 0 unspecified atom stereocenters. The van der Waals surface area contributed by atoms with Gasteiger partial charge in [-0.15, -0.1) is 0 Å². The second-order valence-corrected chi connectivity index (χ2v) is 9.25. The first-order valence-electron chi connectivity index (χ1n) is 12.9. The van der Waals surface area contributed by atoms with Gasteiger partial charge in [0.25, 0.3) is 11.8 Å². The van der Waals surface area contributed by atoms with Gasteiger partial charge >= 0.3 is 0 Å². The second-order valence-electron chi connectivity index (χ2n) is 9.25. The highest BCUT2D eigenvalue weighted by Crippen LogP contribution is 2.25. The van der Waals surface area contributed by atoms with Crippen LogP contribution in [0.3, 0.4) is 0 Å². The number of methoxy groups -OCH3 is 2. The Hall–Kier alpha value is -4.20. The monoisotopic (exact) mass is 517 g/mol. The van der Waals surface area contributed by atoms with Crippen molar-refractivity contribution in [1.82, 2.24) is 4.90 Å². The Morgan fingerprint density at radius 1 is 0.842 bits per heavy atom. The highest BCUT2D eigenvalue weighted by Gasteiger charge is 2.23. The van der Waals surface area contributed by atoms with Gasteiger partial charge in [0, 0.05) is 54.7 Å². The summed E-state index contributed by atoms with van der Waals surface area (Å²) in [7, 11) is 3.14. The number of carbonyl (C=O) groups is 2. The van der Waals surface area contributed by atoms with Crippen molar-refractivity contribution in [1.29, 1.82) is 0 Å². The lowest BCUT2D eigenvalue weighted by atomic mass is 10.1. The SMILES string of the molecule is CC[C@H](C)Oc1cccc(C(=O)Nc2ccc(N3CCN(C(=O)c4cc(OC)cc(OC)c4)CC3)cc2)c1. The smallest absolute Gasteiger partial charge is 0.255 e. The molecule has 0 aliphatic carbocycles. The van der Waals surface area contributed by atoms with E-state index in [4.69, 9.17) is 14.2 Å². The standard InChI is InChI=1S/C30H35N3O5/c1-5-21(2)38-26-8-6-7-22(17-26)29(34)31-24-9-11-25(12-10-24)32-13-15-33(16-14-32)30(35)23-18-27(36-3)20-28(19-23)37-4/h6-12,17-21H,5,13-16H2,1-4H3,(H,31,34)/t21-/m0/s1. The first-order chi connectivity index (χ1) is 18.4. The van der Waals surface area contributed by atoms with E-state index < -0.39 is 0 Å². The van der Waals surface area contributed by atoms with E-state index in [1.807, 2.05) is 48.2 Å². The minimum Gasteiger partial charge on any atom is -0.497 e. The number of hydrogen-bond donors (Lipinski definition) is 1. The van der Waals surface area contributed by atoms with E-state index in [9.17, 15) is 9.59 Å². The van der Waals surface area contributed by atoms with Gasteiger partial charge in [0.2, 0.25) is 0 Å². The lowest BCUT2D eigenvalue weighted by Gasteiger charge is -2.36. The summed E-state index contributed by atoms with van der Waals surface area (Å²) in [5, 5.41) is 2.96. The topological polar surface area (TPSA) is 80.3 Å². The van der Waals surface area contributed by atoms with Crippen LogP contribution in [0.25, 0.3) is 0 Å². The van der Waals surface area contributed by atoms with E-state index in [1.165, 1.54) is 0 Å². The number of carbonyl (C=O) groups excluding carboxylic acids is 2. The third-order valence-electron chi connectivity index (χ3n) is 6.66. The van der Waals surface area contributed by atoms with Gasteiger partial charge in [0.05, 0.1) is 20.3 Å². The summed E-state index contributed by atoms with van der Waals surface area (Å²) in [4.78, 5) is 29.9. The van der Waals surface area contributed by atoms with Crippen LogP contribution in [-0.2, 0) is 0 Å². The fourth-order valence-corrected chi connectivity index (χ4v) is 4.27. The number of rotatable bonds is 9. The highest BCUT2D eigenvalue weighted by molar-refractivity contribution is 6.04. The first-order valence-corrected chi connectivity index (χ1v) is 12.9. The number of ether oxygens (including phenoxy) is 3.